The smallest absolute Gasteiger partial charge is 0.314 e. The van der Waals surface area contributed by atoms with Gasteiger partial charge in [-0.3, -0.25) is 0 Å². The van der Waals surface area contributed by atoms with Crippen LogP contribution in [-0.4, -0.2) is 57.4 Å². The number of rotatable bonds is 7. The molecule has 0 aromatic rings. The van der Waals surface area contributed by atoms with Crippen molar-refractivity contribution in [1.82, 2.24) is 15.5 Å². The lowest BCUT2D eigenvalue weighted by Gasteiger charge is -2.30. The van der Waals surface area contributed by atoms with E-state index in [4.69, 9.17) is 4.74 Å². The van der Waals surface area contributed by atoms with Crippen LogP contribution in [0, 0.1) is 5.92 Å². The van der Waals surface area contributed by atoms with Crippen LogP contribution in [0.1, 0.15) is 26.2 Å². The van der Waals surface area contributed by atoms with Gasteiger partial charge in [0.2, 0.25) is 0 Å². The Balaban J connectivity index is 1.97. The van der Waals surface area contributed by atoms with E-state index in [2.05, 4.69) is 22.5 Å². The maximum Gasteiger partial charge on any atom is 0.314 e. The molecule has 0 aromatic heterocycles. The van der Waals surface area contributed by atoms with Crippen LogP contribution < -0.4 is 10.6 Å². The zero-order valence-corrected chi connectivity index (χ0v) is 11.7. The number of carbonyl (C=O) groups excluding carboxylic acids is 1. The molecule has 106 valence electrons. The molecule has 0 spiro atoms. The quantitative estimate of drug-likeness (QED) is 0.670. The molecule has 1 fully saturated rings. The highest BCUT2D eigenvalue weighted by atomic mass is 16.5. The molecule has 0 bridgehead atoms. The number of nitrogens with zero attached hydrogens (tertiary/aromatic N) is 1. The van der Waals surface area contributed by atoms with E-state index in [0.29, 0.717) is 13.2 Å². The summed E-state index contributed by atoms with van der Waals surface area (Å²) < 4.78 is 4.92. The van der Waals surface area contributed by atoms with Gasteiger partial charge in [-0.15, -0.1) is 0 Å². The molecule has 1 aliphatic heterocycles. The van der Waals surface area contributed by atoms with E-state index in [9.17, 15) is 4.79 Å². The number of hydrogen-bond donors (Lipinski definition) is 2. The largest absolute Gasteiger partial charge is 0.385 e. The highest BCUT2D eigenvalue weighted by molar-refractivity contribution is 5.73. The molecule has 0 saturated carbocycles. The van der Waals surface area contributed by atoms with Crippen molar-refractivity contribution in [2.24, 2.45) is 5.92 Å². The summed E-state index contributed by atoms with van der Waals surface area (Å²) in [5.41, 5.74) is 0. The van der Waals surface area contributed by atoms with Gasteiger partial charge in [0.1, 0.15) is 0 Å². The van der Waals surface area contributed by atoms with Crippen LogP contribution >= 0.6 is 0 Å². The lowest BCUT2D eigenvalue weighted by molar-refractivity contribution is 0.183. The molecule has 0 aromatic carbocycles. The fourth-order valence-corrected chi connectivity index (χ4v) is 2.30. The molecular weight excluding hydrogens is 230 g/mol. The highest BCUT2D eigenvalue weighted by Crippen LogP contribution is 2.14. The van der Waals surface area contributed by atoms with Gasteiger partial charge in [-0.2, -0.15) is 0 Å². The van der Waals surface area contributed by atoms with Gasteiger partial charge in [-0.25, -0.2) is 4.79 Å². The first-order valence-corrected chi connectivity index (χ1v) is 6.95. The molecule has 2 amide bonds. The van der Waals surface area contributed by atoms with Gasteiger partial charge >= 0.3 is 6.03 Å². The van der Waals surface area contributed by atoms with E-state index < -0.39 is 0 Å². The highest BCUT2D eigenvalue weighted by Gasteiger charge is 2.15. The maximum atomic E-state index is 11.4. The summed E-state index contributed by atoms with van der Waals surface area (Å²) in [7, 11) is 1.67. The predicted molar refractivity (Wildman–Crippen MR) is 72.7 cm³/mol. The summed E-state index contributed by atoms with van der Waals surface area (Å²) >= 11 is 0. The van der Waals surface area contributed by atoms with Gasteiger partial charge in [0.05, 0.1) is 0 Å². The van der Waals surface area contributed by atoms with E-state index >= 15 is 0 Å². The second-order valence-corrected chi connectivity index (χ2v) is 5.08. The summed E-state index contributed by atoms with van der Waals surface area (Å²) in [6, 6.07) is -0.0730. The molecule has 1 aliphatic rings. The Kier molecular flexibility index (Phi) is 7.76. The fraction of sp³-hybridized carbons (Fsp3) is 0.923. The van der Waals surface area contributed by atoms with Crippen molar-refractivity contribution in [1.29, 1.82) is 0 Å². The number of piperidine rings is 1. The zero-order chi connectivity index (χ0) is 13.2. The summed E-state index contributed by atoms with van der Waals surface area (Å²) in [5.74, 6) is 0.793. The van der Waals surface area contributed by atoms with E-state index in [1.807, 2.05) is 0 Å². The molecule has 1 rings (SSSR count). The van der Waals surface area contributed by atoms with Gasteiger partial charge in [-0.1, -0.05) is 6.92 Å². The van der Waals surface area contributed by atoms with Crippen molar-refractivity contribution in [2.75, 3.05) is 46.4 Å². The monoisotopic (exact) mass is 257 g/mol. The number of likely N-dealkylation sites (tertiary alicyclic amines) is 1. The van der Waals surface area contributed by atoms with Crippen LogP contribution in [0.2, 0.25) is 0 Å². The van der Waals surface area contributed by atoms with Crippen LogP contribution in [0.15, 0.2) is 0 Å². The van der Waals surface area contributed by atoms with Crippen molar-refractivity contribution in [3.63, 3.8) is 0 Å². The summed E-state index contributed by atoms with van der Waals surface area (Å²) in [5, 5.41) is 5.70. The average Bonchev–Trinajstić information content (AvgIpc) is 2.35. The fourth-order valence-electron chi connectivity index (χ4n) is 2.30. The zero-order valence-electron chi connectivity index (χ0n) is 11.7. The summed E-state index contributed by atoms with van der Waals surface area (Å²) in [6.45, 7) is 7.66. The third-order valence-corrected chi connectivity index (χ3v) is 3.27. The maximum absolute atomic E-state index is 11.4. The Bertz CT molecular complexity index is 236. The second kappa shape index (κ2) is 9.16. The number of nitrogens with one attached hydrogen (secondary N) is 2. The predicted octanol–water partition coefficient (Wildman–Crippen LogP) is 1.05. The topological polar surface area (TPSA) is 53.6 Å². The number of methoxy groups -OCH3 is 1. The Morgan fingerprint density at radius 2 is 2.17 bits per heavy atom. The number of ether oxygens (including phenoxy) is 1. The van der Waals surface area contributed by atoms with Gasteiger partial charge in [-0.05, 0) is 31.7 Å². The first-order chi connectivity index (χ1) is 8.72. The SMILES string of the molecule is COCCCNC(=O)NCCN1CCCC(C)C1. The third-order valence-electron chi connectivity index (χ3n) is 3.27. The van der Waals surface area contributed by atoms with Crippen LogP contribution in [0.3, 0.4) is 0 Å². The molecule has 2 N–H and O–H groups in total. The Morgan fingerprint density at radius 1 is 1.39 bits per heavy atom. The van der Waals surface area contributed by atoms with Crippen LogP contribution in [0.25, 0.3) is 0 Å². The Morgan fingerprint density at radius 3 is 2.89 bits per heavy atom. The lowest BCUT2D eigenvalue weighted by atomic mass is 10.0. The van der Waals surface area contributed by atoms with Crippen molar-refractivity contribution in [2.45, 2.75) is 26.2 Å². The van der Waals surface area contributed by atoms with Crippen molar-refractivity contribution in [3.05, 3.63) is 0 Å². The van der Waals surface area contributed by atoms with Crippen LogP contribution in [0.5, 0.6) is 0 Å². The number of hydrogen-bond acceptors (Lipinski definition) is 3. The first kappa shape index (κ1) is 15.2. The van der Waals surface area contributed by atoms with Crippen LogP contribution in [0.4, 0.5) is 4.79 Å². The average molecular weight is 257 g/mol. The molecule has 5 nitrogen and oxygen atoms in total. The van der Waals surface area contributed by atoms with E-state index in [-0.39, 0.29) is 6.03 Å². The van der Waals surface area contributed by atoms with E-state index in [0.717, 1.165) is 32.0 Å². The third kappa shape index (κ3) is 6.81. The number of amides is 2. The van der Waals surface area contributed by atoms with Crippen LogP contribution in [-0.2, 0) is 4.74 Å². The van der Waals surface area contributed by atoms with E-state index in [1.54, 1.807) is 7.11 Å². The molecule has 5 heteroatoms. The van der Waals surface area contributed by atoms with E-state index in [1.165, 1.54) is 19.4 Å². The minimum atomic E-state index is -0.0730. The molecule has 1 saturated heterocycles. The Labute approximate surface area is 110 Å². The first-order valence-electron chi connectivity index (χ1n) is 6.95. The molecule has 1 atom stereocenters. The minimum Gasteiger partial charge on any atom is -0.385 e. The standard InChI is InChI=1S/C13H27N3O2/c1-12-5-3-8-16(11-12)9-7-15-13(17)14-6-4-10-18-2/h12H,3-11H2,1-2H3,(H2,14,15,17). The second-order valence-electron chi connectivity index (χ2n) is 5.08. The molecule has 0 aliphatic carbocycles. The molecule has 18 heavy (non-hydrogen) atoms. The number of urea groups is 1. The Hall–Kier alpha value is -0.810. The van der Waals surface area contributed by atoms with Gasteiger partial charge in [0.15, 0.2) is 0 Å². The van der Waals surface area contributed by atoms with Crippen molar-refractivity contribution >= 4 is 6.03 Å². The molecular formula is C13H27N3O2. The van der Waals surface area contributed by atoms with Crippen molar-refractivity contribution < 1.29 is 9.53 Å². The minimum absolute atomic E-state index is 0.0730. The van der Waals surface area contributed by atoms with Gasteiger partial charge < -0.3 is 20.3 Å². The summed E-state index contributed by atoms with van der Waals surface area (Å²) in [6.07, 6.45) is 3.47. The lowest BCUT2D eigenvalue weighted by Crippen LogP contribution is -2.43. The summed E-state index contributed by atoms with van der Waals surface area (Å²) in [4.78, 5) is 13.9. The molecule has 0 radical (unpaired) electrons. The van der Waals surface area contributed by atoms with Crippen molar-refractivity contribution in [3.8, 4) is 0 Å². The molecule has 1 unspecified atom stereocenters. The normalized spacial score (nSPS) is 20.7. The van der Waals surface area contributed by atoms with Gasteiger partial charge in [0, 0.05) is 39.9 Å². The molecule has 1 heterocycles. The van der Waals surface area contributed by atoms with Gasteiger partial charge in [0.25, 0.3) is 0 Å². The number of carbonyl (C=O) groups is 1.